The maximum Gasteiger partial charge on any atom is 0.317 e. The van der Waals surface area contributed by atoms with E-state index in [0.717, 1.165) is 38.8 Å². The average Bonchev–Trinajstić information content (AvgIpc) is 3.14. The van der Waals surface area contributed by atoms with Crippen LogP contribution in [0.3, 0.4) is 0 Å². The molecule has 2 N–H and O–H groups in total. The van der Waals surface area contributed by atoms with E-state index in [1.54, 1.807) is 11.3 Å². The molecule has 110 valence electrons. The molecule has 0 saturated heterocycles. The number of nitrogens with one attached hydrogen (secondary N) is 2. The highest BCUT2D eigenvalue weighted by molar-refractivity contribution is 7.10. The van der Waals surface area contributed by atoms with Gasteiger partial charge < -0.3 is 10.2 Å². The number of H-pyrrole nitrogens is 1. The molecule has 1 unspecified atom stereocenters. The molecule has 2 aromatic heterocycles. The number of fused-ring (bicyclic) bond motifs is 2. The lowest BCUT2D eigenvalue weighted by molar-refractivity contribution is 0.187. The number of aryl methyl sites for hydroxylation is 1. The van der Waals surface area contributed by atoms with Crippen molar-refractivity contribution in [3.8, 4) is 0 Å². The lowest BCUT2D eigenvalue weighted by atomic mass is 9.94. The number of carbonyl (C=O) groups excluding carboxylic acids is 1. The van der Waals surface area contributed by atoms with Gasteiger partial charge in [-0.1, -0.05) is 0 Å². The van der Waals surface area contributed by atoms with Crippen LogP contribution in [0.5, 0.6) is 0 Å². The molecule has 1 aliphatic heterocycles. The summed E-state index contributed by atoms with van der Waals surface area (Å²) >= 11 is 1.80. The SMILES string of the molecule is O=C(NC1CCc2[nH]ncc2C1)N1CCc2sccc2C1. The van der Waals surface area contributed by atoms with Crippen LogP contribution in [0.25, 0.3) is 0 Å². The third-order valence-corrected chi connectivity index (χ3v) is 5.46. The molecule has 4 rings (SSSR count). The second-order valence-corrected chi connectivity index (χ2v) is 6.80. The van der Waals surface area contributed by atoms with Crippen LogP contribution < -0.4 is 5.32 Å². The first-order chi connectivity index (χ1) is 10.3. The summed E-state index contributed by atoms with van der Waals surface area (Å²) in [6, 6.07) is 2.44. The van der Waals surface area contributed by atoms with Crippen LogP contribution in [0, 0.1) is 0 Å². The molecular weight excluding hydrogens is 284 g/mol. The maximum atomic E-state index is 12.4. The molecule has 21 heavy (non-hydrogen) atoms. The molecule has 2 aliphatic rings. The largest absolute Gasteiger partial charge is 0.335 e. The topological polar surface area (TPSA) is 61.0 Å². The Morgan fingerprint density at radius 1 is 1.43 bits per heavy atom. The van der Waals surface area contributed by atoms with E-state index in [0.29, 0.717) is 0 Å². The number of hydrogen-bond donors (Lipinski definition) is 2. The normalized spacial score (nSPS) is 20.8. The van der Waals surface area contributed by atoms with Crippen molar-refractivity contribution in [2.75, 3.05) is 6.54 Å². The van der Waals surface area contributed by atoms with E-state index < -0.39 is 0 Å². The van der Waals surface area contributed by atoms with Gasteiger partial charge in [-0.2, -0.15) is 5.10 Å². The molecular formula is C15H18N4OS. The van der Waals surface area contributed by atoms with Crippen molar-refractivity contribution in [3.63, 3.8) is 0 Å². The number of rotatable bonds is 1. The number of nitrogens with zero attached hydrogens (tertiary/aromatic N) is 2. The molecule has 5 nitrogen and oxygen atoms in total. The molecule has 0 bridgehead atoms. The fraction of sp³-hybridized carbons (Fsp3) is 0.467. The van der Waals surface area contributed by atoms with Crippen LogP contribution in [0.1, 0.15) is 28.1 Å². The van der Waals surface area contributed by atoms with Gasteiger partial charge in [0.2, 0.25) is 0 Å². The lowest BCUT2D eigenvalue weighted by Crippen LogP contribution is -2.48. The Bertz CT molecular complexity index is 662. The van der Waals surface area contributed by atoms with Gasteiger partial charge in [0.1, 0.15) is 0 Å². The molecule has 0 radical (unpaired) electrons. The van der Waals surface area contributed by atoms with Crippen molar-refractivity contribution in [2.45, 2.75) is 38.3 Å². The van der Waals surface area contributed by atoms with E-state index in [2.05, 4.69) is 27.0 Å². The van der Waals surface area contributed by atoms with Crippen LogP contribution in [0.15, 0.2) is 17.6 Å². The van der Waals surface area contributed by atoms with E-state index >= 15 is 0 Å². The second kappa shape index (κ2) is 5.18. The van der Waals surface area contributed by atoms with Gasteiger partial charge >= 0.3 is 6.03 Å². The predicted molar refractivity (Wildman–Crippen MR) is 81.4 cm³/mol. The summed E-state index contributed by atoms with van der Waals surface area (Å²) < 4.78 is 0. The van der Waals surface area contributed by atoms with Crippen LogP contribution in [-0.2, 0) is 25.8 Å². The van der Waals surface area contributed by atoms with Gasteiger partial charge in [0.05, 0.1) is 6.20 Å². The van der Waals surface area contributed by atoms with E-state index in [1.165, 1.54) is 21.7 Å². The number of amides is 2. The summed E-state index contributed by atoms with van der Waals surface area (Å²) in [7, 11) is 0. The highest BCUT2D eigenvalue weighted by atomic mass is 32.1. The smallest absolute Gasteiger partial charge is 0.317 e. The first-order valence-electron chi connectivity index (χ1n) is 7.41. The number of thiophene rings is 1. The Labute approximate surface area is 127 Å². The first-order valence-corrected chi connectivity index (χ1v) is 8.29. The van der Waals surface area contributed by atoms with E-state index in [-0.39, 0.29) is 12.1 Å². The Balaban J connectivity index is 1.39. The zero-order valence-electron chi connectivity index (χ0n) is 11.8. The molecule has 2 amide bonds. The van der Waals surface area contributed by atoms with Gasteiger partial charge in [0.25, 0.3) is 0 Å². The van der Waals surface area contributed by atoms with Crippen LogP contribution >= 0.6 is 11.3 Å². The monoisotopic (exact) mass is 302 g/mol. The predicted octanol–water partition coefficient (Wildman–Crippen LogP) is 2.10. The summed E-state index contributed by atoms with van der Waals surface area (Å²) in [5.41, 5.74) is 3.77. The van der Waals surface area contributed by atoms with Crippen molar-refractivity contribution in [1.82, 2.24) is 20.4 Å². The van der Waals surface area contributed by atoms with Gasteiger partial charge in [-0.3, -0.25) is 5.10 Å². The summed E-state index contributed by atoms with van der Waals surface area (Å²) in [4.78, 5) is 15.8. The molecule has 0 fully saturated rings. The minimum absolute atomic E-state index is 0.0730. The maximum absolute atomic E-state index is 12.4. The quantitative estimate of drug-likeness (QED) is 0.847. The third kappa shape index (κ3) is 2.44. The minimum Gasteiger partial charge on any atom is -0.335 e. The molecule has 2 aromatic rings. The molecule has 0 spiro atoms. The van der Waals surface area contributed by atoms with Gasteiger partial charge in [-0.05, 0) is 48.3 Å². The Kier molecular flexibility index (Phi) is 3.18. The number of carbonyl (C=O) groups is 1. The summed E-state index contributed by atoms with van der Waals surface area (Å²) in [6.45, 7) is 1.57. The number of hydrogen-bond acceptors (Lipinski definition) is 3. The molecule has 0 aromatic carbocycles. The average molecular weight is 302 g/mol. The standard InChI is InChI=1S/C15H18N4OS/c20-15(19-5-3-14-10(9-19)4-6-21-14)17-12-1-2-13-11(7-12)8-16-18-13/h4,6,8,12H,1-3,5,7,9H2,(H,16,18)(H,17,20). The van der Waals surface area contributed by atoms with E-state index in [9.17, 15) is 4.79 Å². The third-order valence-electron chi connectivity index (χ3n) is 4.44. The van der Waals surface area contributed by atoms with Gasteiger partial charge in [-0.15, -0.1) is 11.3 Å². The Morgan fingerprint density at radius 3 is 3.33 bits per heavy atom. The highest BCUT2D eigenvalue weighted by Gasteiger charge is 2.26. The fourth-order valence-electron chi connectivity index (χ4n) is 3.23. The van der Waals surface area contributed by atoms with Crippen molar-refractivity contribution < 1.29 is 4.79 Å². The van der Waals surface area contributed by atoms with Crippen molar-refractivity contribution >= 4 is 17.4 Å². The van der Waals surface area contributed by atoms with Crippen molar-refractivity contribution in [2.24, 2.45) is 0 Å². The summed E-state index contributed by atoms with van der Waals surface area (Å²) in [6.07, 6.45) is 5.70. The van der Waals surface area contributed by atoms with Crippen molar-refractivity contribution in [1.29, 1.82) is 0 Å². The molecule has 3 heterocycles. The van der Waals surface area contributed by atoms with Crippen LogP contribution in [0.2, 0.25) is 0 Å². The van der Waals surface area contributed by atoms with Crippen LogP contribution in [-0.4, -0.2) is 33.7 Å². The Hall–Kier alpha value is -1.82. The molecule has 6 heteroatoms. The zero-order chi connectivity index (χ0) is 14.2. The summed E-state index contributed by atoms with van der Waals surface area (Å²) in [5.74, 6) is 0. The minimum atomic E-state index is 0.0730. The molecule has 1 atom stereocenters. The van der Waals surface area contributed by atoms with Crippen molar-refractivity contribution in [3.05, 3.63) is 39.3 Å². The number of aromatic nitrogens is 2. The van der Waals surface area contributed by atoms with Gasteiger partial charge in [0, 0.05) is 29.7 Å². The van der Waals surface area contributed by atoms with Gasteiger partial charge in [0.15, 0.2) is 0 Å². The zero-order valence-corrected chi connectivity index (χ0v) is 12.6. The lowest BCUT2D eigenvalue weighted by Gasteiger charge is -2.30. The number of urea groups is 1. The van der Waals surface area contributed by atoms with E-state index in [4.69, 9.17) is 0 Å². The van der Waals surface area contributed by atoms with Crippen LogP contribution in [0.4, 0.5) is 4.79 Å². The number of aromatic amines is 1. The summed E-state index contributed by atoms with van der Waals surface area (Å²) in [5, 5.41) is 12.4. The highest BCUT2D eigenvalue weighted by Crippen LogP contribution is 2.24. The second-order valence-electron chi connectivity index (χ2n) is 5.80. The molecule has 1 aliphatic carbocycles. The first kappa shape index (κ1) is 12.9. The Morgan fingerprint density at radius 2 is 2.38 bits per heavy atom. The van der Waals surface area contributed by atoms with E-state index in [1.807, 2.05) is 11.1 Å². The fourth-order valence-corrected chi connectivity index (χ4v) is 4.12. The van der Waals surface area contributed by atoms with Gasteiger partial charge in [-0.25, -0.2) is 4.79 Å². The molecule has 0 saturated carbocycles.